The smallest absolute Gasteiger partial charge is 0.224 e. The number of methoxy groups -OCH3 is 1. The maximum Gasteiger partial charge on any atom is 0.224 e. The van der Waals surface area contributed by atoms with Crippen LogP contribution in [0.1, 0.15) is 39.5 Å². The number of fused-ring (bicyclic) bond motifs is 2. The Bertz CT molecular complexity index is 328. The molecule has 4 nitrogen and oxygen atoms in total. The molecule has 2 saturated carbocycles. The van der Waals surface area contributed by atoms with Gasteiger partial charge in [0.2, 0.25) is 5.91 Å². The van der Waals surface area contributed by atoms with E-state index in [2.05, 4.69) is 19.2 Å². The number of ether oxygens (including phenoxy) is 1. The second-order valence-corrected chi connectivity index (χ2v) is 7.06. The second kappa shape index (κ2) is 5.80. The van der Waals surface area contributed by atoms with Gasteiger partial charge in [-0.2, -0.15) is 0 Å². The molecule has 2 rings (SSSR count). The van der Waals surface area contributed by atoms with Crippen LogP contribution >= 0.6 is 0 Å². The molecule has 2 aliphatic carbocycles. The normalized spacial score (nSPS) is 33.7. The van der Waals surface area contributed by atoms with E-state index in [4.69, 9.17) is 10.5 Å². The molecule has 0 aromatic carbocycles. The third-order valence-electron chi connectivity index (χ3n) is 5.01. The van der Waals surface area contributed by atoms with Crippen LogP contribution in [-0.4, -0.2) is 32.2 Å². The van der Waals surface area contributed by atoms with Gasteiger partial charge in [0, 0.05) is 26.3 Å². The first-order valence-corrected chi connectivity index (χ1v) is 7.47. The third kappa shape index (κ3) is 3.29. The highest BCUT2D eigenvalue weighted by atomic mass is 16.5. The topological polar surface area (TPSA) is 64.3 Å². The molecule has 0 aliphatic heterocycles. The van der Waals surface area contributed by atoms with Crippen molar-refractivity contribution in [3.8, 4) is 0 Å². The van der Waals surface area contributed by atoms with Crippen LogP contribution in [-0.2, 0) is 9.53 Å². The van der Waals surface area contributed by atoms with E-state index in [0.29, 0.717) is 18.4 Å². The van der Waals surface area contributed by atoms with Gasteiger partial charge in [-0.3, -0.25) is 4.79 Å². The van der Waals surface area contributed by atoms with E-state index < -0.39 is 0 Å². The molecule has 19 heavy (non-hydrogen) atoms. The standard InChI is InChI=1S/C15H28N2O2/c1-15(2,6-7-19-3)9-17-14(18)12-10-4-5-11(8-10)13(12)16/h10-13H,4-9,16H2,1-3H3,(H,17,18). The van der Waals surface area contributed by atoms with E-state index >= 15 is 0 Å². The van der Waals surface area contributed by atoms with Gasteiger partial charge in [-0.1, -0.05) is 13.8 Å². The Labute approximate surface area is 116 Å². The minimum absolute atomic E-state index is 0.0528. The first-order valence-electron chi connectivity index (χ1n) is 7.47. The summed E-state index contributed by atoms with van der Waals surface area (Å²) in [5, 5.41) is 3.11. The summed E-state index contributed by atoms with van der Waals surface area (Å²) >= 11 is 0. The lowest BCUT2D eigenvalue weighted by molar-refractivity contribution is -0.127. The minimum Gasteiger partial charge on any atom is -0.385 e. The Balaban J connectivity index is 1.81. The number of hydrogen-bond acceptors (Lipinski definition) is 3. The van der Waals surface area contributed by atoms with Crippen molar-refractivity contribution in [2.24, 2.45) is 28.9 Å². The summed E-state index contributed by atoms with van der Waals surface area (Å²) in [6.45, 7) is 5.76. The van der Waals surface area contributed by atoms with E-state index in [-0.39, 0.29) is 23.3 Å². The van der Waals surface area contributed by atoms with E-state index in [1.54, 1.807) is 7.11 Å². The highest BCUT2D eigenvalue weighted by molar-refractivity contribution is 5.80. The molecule has 4 heteroatoms. The van der Waals surface area contributed by atoms with Crippen LogP contribution in [0, 0.1) is 23.2 Å². The van der Waals surface area contributed by atoms with Gasteiger partial charge in [-0.15, -0.1) is 0 Å². The molecule has 0 saturated heterocycles. The Morgan fingerprint density at radius 1 is 1.37 bits per heavy atom. The Morgan fingerprint density at radius 3 is 2.63 bits per heavy atom. The van der Waals surface area contributed by atoms with Gasteiger partial charge >= 0.3 is 0 Å². The van der Waals surface area contributed by atoms with Crippen LogP contribution in [0.2, 0.25) is 0 Å². The molecule has 0 radical (unpaired) electrons. The lowest BCUT2D eigenvalue weighted by atomic mass is 9.83. The summed E-state index contributed by atoms with van der Waals surface area (Å²) in [5.41, 5.74) is 6.28. The highest BCUT2D eigenvalue weighted by Gasteiger charge is 2.49. The van der Waals surface area contributed by atoms with E-state index in [1.165, 1.54) is 12.8 Å². The lowest BCUT2D eigenvalue weighted by Gasteiger charge is -2.30. The molecule has 0 heterocycles. The van der Waals surface area contributed by atoms with Crippen LogP contribution in [0.5, 0.6) is 0 Å². The maximum absolute atomic E-state index is 12.3. The average Bonchev–Trinajstić information content (AvgIpc) is 2.94. The summed E-state index contributed by atoms with van der Waals surface area (Å²) in [6, 6.07) is 0.0841. The number of carbonyl (C=O) groups excluding carboxylic acids is 1. The molecule has 2 fully saturated rings. The molecule has 1 amide bonds. The monoisotopic (exact) mass is 268 g/mol. The summed E-state index contributed by atoms with van der Waals surface area (Å²) in [7, 11) is 1.71. The average molecular weight is 268 g/mol. The number of nitrogens with two attached hydrogens (primary N) is 1. The van der Waals surface area contributed by atoms with E-state index in [1.807, 2.05) is 0 Å². The largest absolute Gasteiger partial charge is 0.385 e. The maximum atomic E-state index is 12.3. The zero-order chi connectivity index (χ0) is 14.0. The zero-order valence-corrected chi connectivity index (χ0v) is 12.4. The predicted octanol–water partition coefficient (Wildman–Crippen LogP) is 1.54. The summed E-state index contributed by atoms with van der Waals surface area (Å²) < 4.78 is 5.11. The van der Waals surface area contributed by atoms with E-state index in [9.17, 15) is 4.79 Å². The first kappa shape index (κ1) is 14.8. The van der Waals surface area contributed by atoms with Gasteiger partial charge < -0.3 is 15.8 Å². The van der Waals surface area contributed by atoms with Gasteiger partial charge in [0.05, 0.1) is 5.92 Å². The van der Waals surface area contributed by atoms with Gasteiger partial charge in [0.15, 0.2) is 0 Å². The Kier molecular flexibility index (Phi) is 4.51. The molecule has 3 N–H and O–H groups in total. The fourth-order valence-electron chi connectivity index (χ4n) is 3.64. The van der Waals surface area contributed by atoms with Gasteiger partial charge in [0.25, 0.3) is 0 Å². The van der Waals surface area contributed by atoms with Crippen molar-refractivity contribution in [3.63, 3.8) is 0 Å². The Hall–Kier alpha value is -0.610. The predicted molar refractivity (Wildman–Crippen MR) is 75.6 cm³/mol. The number of amides is 1. The highest BCUT2D eigenvalue weighted by Crippen LogP contribution is 2.47. The van der Waals surface area contributed by atoms with Crippen LogP contribution in [0.4, 0.5) is 0 Å². The van der Waals surface area contributed by atoms with Crippen molar-refractivity contribution >= 4 is 5.91 Å². The molecular formula is C15H28N2O2. The van der Waals surface area contributed by atoms with E-state index in [0.717, 1.165) is 19.4 Å². The minimum atomic E-state index is 0.0528. The molecular weight excluding hydrogens is 240 g/mol. The molecule has 2 aliphatic rings. The van der Waals surface area contributed by atoms with Crippen LogP contribution < -0.4 is 11.1 Å². The molecule has 4 unspecified atom stereocenters. The number of nitrogens with one attached hydrogen (secondary N) is 1. The van der Waals surface area contributed by atoms with Crippen molar-refractivity contribution < 1.29 is 9.53 Å². The molecule has 0 aromatic rings. The van der Waals surface area contributed by atoms with Crippen LogP contribution in [0.15, 0.2) is 0 Å². The third-order valence-corrected chi connectivity index (χ3v) is 5.01. The van der Waals surface area contributed by atoms with Crippen molar-refractivity contribution in [2.75, 3.05) is 20.3 Å². The fourth-order valence-corrected chi connectivity index (χ4v) is 3.64. The molecule has 0 spiro atoms. The molecule has 110 valence electrons. The number of rotatable bonds is 6. The summed E-state index contributed by atoms with van der Waals surface area (Å²) in [6.07, 6.45) is 4.51. The van der Waals surface area contributed by atoms with Gasteiger partial charge in [0.1, 0.15) is 0 Å². The van der Waals surface area contributed by atoms with Crippen LogP contribution in [0.3, 0.4) is 0 Å². The van der Waals surface area contributed by atoms with Gasteiger partial charge in [-0.25, -0.2) is 0 Å². The van der Waals surface area contributed by atoms with Crippen molar-refractivity contribution in [2.45, 2.75) is 45.6 Å². The van der Waals surface area contributed by atoms with Crippen LogP contribution in [0.25, 0.3) is 0 Å². The van der Waals surface area contributed by atoms with Gasteiger partial charge in [-0.05, 0) is 42.9 Å². The zero-order valence-electron chi connectivity index (χ0n) is 12.4. The fraction of sp³-hybridized carbons (Fsp3) is 0.933. The molecule has 2 bridgehead atoms. The molecule has 0 aromatic heterocycles. The number of carbonyl (C=O) groups is 1. The second-order valence-electron chi connectivity index (χ2n) is 7.06. The number of hydrogen-bond donors (Lipinski definition) is 2. The first-order chi connectivity index (χ1) is 8.94. The van der Waals surface area contributed by atoms with Crippen molar-refractivity contribution in [1.29, 1.82) is 0 Å². The summed E-state index contributed by atoms with van der Waals surface area (Å²) in [5.74, 6) is 1.34. The quantitative estimate of drug-likeness (QED) is 0.768. The lowest BCUT2D eigenvalue weighted by Crippen LogP contribution is -2.47. The molecule has 4 atom stereocenters. The Morgan fingerprint density at radius 2 is 2.05 bits per heavy atom. The SMILES string of the molecule is COCCC(C)(C)CNC(=O)C1C2CCC(C2)C1N. The summed E-state index contributed by atoms with van der Waals surface area (Å²) in [4.78, 5) is 12.3. The van der Waals surface area contributed by atoms with Crippen molar-refractivity contribution in [3.05, 3.63) is 0 Å². The van der Waals surface area contributed by atoms with Crippen molar-refractivity contribution in [1.82, 2.24) is 5.32 Å².